The number of hydrogen-bond acceptors (Lipinski definition) is 4. The summed E-state index contributed by atoms with van der Waals surface area (Å²) in [5.41, 5.74) is 0.937. The Labute approximate surface area is 131 Å². The first-order valence-corrected chi connectivity index (χ1v) is 6.79. The standard InChI is InChI=1S/C15H13ClN2O4/c1-9(19)10-3-2-4-12(7-10)17-15(20)11-5-6-13(16)14(8-11)18(21)22/h2-9,19H,1H3,(H,17,20)/t9-/m1/s1. The van der Waals surface area contributed by atoms with E-state index in [1.54, 1.807) is 31.2 Å². The molecule has 0 aliphatic carbocycles. The number of nitro groups is 1. The first-order chi connectivity index (χ1) is 10.4. The number of benzene rings is 2. The quantitative estimate of drug-likeness (QED) is 0.665. The van der Waals surface area contributed by atoms with E-state index in [1.807, 2.05) is 0 Å². The summed E-state index contributed by atoms with van der Waals surface area (Å²) in [6.45, 7) is 1.61. The lowest BCUT2D eigenvalue weighted by Crippen LogP contribution is -2.12. The van der Waals surface area contributed by atoms with Crippen LogP contribution in [0.4, 0.5) is 11.4 Å². The third-order valence-electron chi connectivity index (χ3n) is 3.03. The Bertz CT molecular complexity index is 731. The van der Waals surface area contributed by atoms with E-state index in [0.717, 1.165) is 6.07 Å². The highest BCUT2D eigenvalue weighted by Gasteiger charge is 2.16. The van der Waals surface area contributed by atoms with Gasteiger partial charge in [0.15, 0.2) is 0 Å². The molecule has 1 amide bonds. The molecule has 0 spiro atoms. The highest BCUT2D eigenvalue weighted by Crippen LogP contribution is 2.25. The number of anilines is 1. The van der Waals surface area contributed by atoms with Crippen molar-refractivity contribution in [2.45, 2.75) is 13.0 Å². The molecule has 2 aromatic rings. The second kappa shape index (κ2) is 6.55. The molecule has 0 aromatic heterocycles. The molecule has 0 heterocycles. The van der Waals surface area contributed by atoms with E-state index in [9.17, 15) is 20.0 Å². The van der Waals surface area contributed by atoms with Crippen molar-refractivity contribution in [2.75, 3.05) is 5.32 Å². The van der Waals surface area contributed by atoms with Crippen molar-refractivity contribution in [3.05, 3.63) is 68.7 Å². The SMILES string of the molecule is C[C@@H](O)c1cccc(NC(=O)c2ccc(Cl)c([N+](=O)[O-])c2)c1. The minimum atomic E-state index is -0.659. The Hall–Kier alpha value is -2.44. The number of hydrogen-bond donors (Lipinski definition) is 2. The molecule has 0 bridgehead atoms. The maximum atomic E-state index is 12.1. The Morgan fingerprint density at radius 1 is 1.32 bits per heavy atom. The van der Waals surface area contributed by atoms with Crippen LogP contribution >= 0.6 is 11.6 Å². The average Bonchev–Trinajstić information content (AvgIpc) is 2.47. The van der Waals surface area contributed by atoms with Crippen LogP contribution in [0.25, 0.3) is 0 Å². The van der Waals surface area contributed by atoms with Gasteiger partial charge in [0.2, 0.25) is 0 Å². The smallest absolute Gasteiger partial charge is 0.288 e. The number of halogens is 1. The second-order valence-corrected chi connectivity index (χ2v) is 5.09. The molecule has 0 radical (unpaired) electrons. The largest absolute Gasteiger partial charge is 0.389 e. The molecule has 0 saturated heterocycles. The van der Waals surface area contributed by atoms with Gasteiger partial charge in [0.05, 0.1) is 11.0 Å². The predicted octanol–water partition coefficient (Wildman–Crippen LogP) is 3.55. The van der Waals surface area contributed by atoms with Crippen LogP contribution in [0.1, 0.15) is 28.9 Å². The molecular formula is C15H13ClN2O4. The monoisotopic (exact) mass is 320 g/mol. The van der Waals surface area contributed by atoms with E-state index in [0.29, 0.717) is 11.3 Å². The molecule has 0 saturated carbocycles. The molecule has 0 aliphatic heterocycles. The number of carbonyl (C=O) groups is 1. The van der Waals surface area contributed by atoms with E-state index in [2.05, 4.69) is 5.32 Å². The normalized spacial score (nSPS) is 11.8. The number of rotatable bonds is 4. The van der Waals surface area contributed by atoms with Gasteiger partial charge < -0.3 is 10.4 Å². The lowest BCUT2D eigenvalue weighted by Gasteiger charge is -2.09. The minimum Gasteiger partial charge on any atom is -0.389 e. The highest BCUT2D eigenvalue weighted by molar-refractivity contribution is 6.32. The van der Waals surface area contributed by atoms with Crippen molar-refractivity contribution in [3.63, 3.8) is 0 Å². The zero-order chi connectivity index (χ0) is 16.3. The lowest BCUT2D eigenvalue weighted by atomic mass is 10.1. The molecule has 6 nitrogen and oxygen atoms in total. The maximum Gasteiger partial charge on any atom is 0.288 e. The fourth-order valence-corrected chi connectivity index (χ4v) is 2.06. The molecule has 114 valence electrons. The van der Waals surface area contributed by atoms with E-state index in [4.69, 9.17) is 11.6 Å². The lowest BCUT2D eigenvalue weighted by molar-refractivity contribution is -0.384. The summed E-state index contributed by atoms with van der Waals surface area (Å²) >= 11 is 5.71. The number of aliphatic hydroxyl groups excluding tert-OH is 1. The van der Waals surface area contributed by atoms with E-state index in [1.165, 1.54) is 12.1 Å². The maximum absolute atomic E-state index is 12.1. The van der Waals surface area contributed by atoms with Crippen molar-refractivity contribution in [1.29, 1.82) is 0 Å². The summed E-state index contributed by atoms with van der Waals surface area (Å²) in [5, 5.41) is 23.0. The summed E-state index contributed by atoms with van der Waals surface area (Å²) in [6.07, 6.45) is -0.659. The average molecular weight is 321 g/mol. The molecule has 0 fully saturated rings. The van der Waals surface area contributed by atoms with E-state index >= 15 is 0 Å². The number of nitrogens with zero attached hydrogens (tertiary/aromatic N) is 1. The summed E-state index contributed by atoms with van der Waals surface area (Å²) in [7, 11) is 0. The Balaban J connectivity index is 2.24. The van der Waals surface area contributed by atoms with E-state index < -0.39 is 16.9 Å². The molecule has 2 rings (SSSR count). The number of nitro benzene ring substituents is 1. The summed E-state index contributed by atoms with van der Waals surface area (Å²) < 4.78 is 0. The minimum absolute atomic E-state index is 0.0300. The zero-order valence-electron chi connectivity index (χ0n) is 11.6. The first-order valence-electron chi connectivity index (χ1n) is 6.42. The second-order valence-electron chi connectivity index (χ2n) is 4.68. The fraction of sp³-hybridized carbons (Fsp3) is 0.133. The van der Waals surface area contributed by atoms with Gasteiger partial charge in [-0.15, -0.1) is 0 Å². The highest BCUT2D eigenvalue weighted by atomic mass is 35.5. The molecule has 2 aromatic carbocycles. The molecule has 7 heteroatoms. The fourth-order valence-electron chi connectivity index (χ4n) is 1.87. The third kappa shape index (κ3) is 3.60. The van der Waals surface area contributed by atoms with Gasteiger partial charge in [-0.2, -0.15) is 0 Å². The van der Waals surface area contributed by atoms with Crippen LogP contribution in [0.15, 0.2) is 42.5 Å². The van der Waals surface area contributed by atoms with Gasteiger partial charge in [0.1, 0.15) is 5.02 Å². The predicted molar refractivity (Wildman–Crippen MR) is 83.1 cm³/mol. The topological polar surface area (TPSA) is 92.5 Å². The Kier molecular flexibility index (Phi) is 4.75. The van der Waals surface area contributed by atoms with Gasteiger partial charge in [0, 0.05) is 17.3 Å². The van der Waals surface area contributed by atoms with Crippen LogP contribution in [0.5, 0.6) is 0 Å². The van der Waals surface area contributed by atoms with Crippen LogP contribution in [0.2, 0.25) is 5.02 Å². The number of carbonyl (C=O) groups excluding carboxylic acids is 1. The summed E-state index contributed by atoms with van der Waals surface area (Å²) in [5.74, 6) is -0.498. The van der Waals surface area contributed by atoms with Crippen LogP contribution < -0.4 is 5.32 Å². The van der Waals surface area contributed by atoms with Crippen LogP contribution in [-0.2, 0) is 0 Å². The van der Waals surface area contributed by atoms with Crippen LogP contribution in [0.3, 0.4) is 0 Å². The molecular weight excluding hydrogens is 308 g/mol. The van der Waals surface area contributed by atoms with Crippen molar-refractivity contribution >= 4 is 28.9 Å². The van der Waals surface area contributed by atoms with Gasteiger partial charge in [-0.05, 0) is 36.8 Å². The van der Waals surface area contributed by atoms with Crippen molar-refractivity contribution in [1.82, 2.24) is 0 Å². The molecule has 1 atom stereocenters. The summed E-state index contributed by atoms with van der Waals surface area (Å²) in [4.78, 5) is 22.3. The number of amides is 1. The number of nitrogens with one attached hydrogen (secondary N) is 1. The number of aliphatic hydroxyl groups is 1. The Morgan fingerprint density at radius 3 is 2.68 bits per heavy atom. The Morgan fingerprint density at radius 2 is 2.05 bits per heavy atom. The molecule has 0 aliphatic rings. The molecule has 2 N–H and O–H groups in total. The van der Waals surface area contributed by atoms with E-state index in [-0.39, 0.29) is 16.3 Å². The van der Waals surface area contributed by atoms with Crippen molar-refractivity contribution in [3.8, 4) is 0 Å². The molecule has 22 heavy (non-hydrogen) atoms. The van der Waals surface area contributed by atoms with Crippen LogP contribution in [0, 0.1) is 10.1 Å². The first kappa shape index (κ1) is 15.9. The van der Waals surface area contributed by atoms with Gasteiger partial charge in [-0.25, -0.2) is 0 Å². The van der Waals surface area contributed by atoms with Crippen molar-refractivity contribution < 1.29 is 14.8 Å². The zero-order valence-corrected chi connectivity index (χ0v) is 12.4. The van der Waals surface area contributed by atoms with Gasteiger partial charge in [0.25, 0.3) is 11.6 Å². The summed E-state index contributed by atoms with van der Waals surface area (Å²) in [6, 6.07) is 10.6. The third-order valence-corrected chi connectivity index (χ3v) is 3.35. The van der Waals surface area contributed by atoms with Gasteiger partial charge in [-0.1, -0.05) is 23.7 Å². The van der Waals surface area contributed by atoms with Crippen molar-refractivity contribution in [2.24, 2.45) is 0 Å². The van der Waals surface area contributed by atoms with Gasteiger partial charge in [-0.3, -0.25) is 14.9 Å². The van der Waals surface area contributed by atoms with Gasteiger partial charge >= 0.3 is 0 Å². The van der Waals surface area contributed by atoms with Crippen LogP contribution in [-0.4, -0.2) is 15.9 Å². The molecule has 0 unspecified atom stereocenters.